The molecule has 0 unspecified atom stereocenters. The zero-order valence-electron chi connectivity index (χ0n) is 24.1. The first-order valence-corrected chi connectivity index (χ1v) is 15.4. The maximum Gasteiger partial charge on any atom is 0.264 e. The van der Waals surface area contributed by atoms with E-state index in [4.69, 9.17) is 16.3 Å². The molecule has 0 bridgehead atoms. The van der Waals surface area contributed by atoms with Gasteiger partial charge in [-0.05, 0) is 80.8 Å². The minimum atomic E-state index is -4.15. The van der Waals surface area contributed by atoms with Gasteiger partial charge in [-0.25, -0.2) is 8.42 Å². The van der Waals surface area contributed by atoms with Gasteiger partial charge in [-0.2, -0.15) is 0 Å². The topological polar surface area (TPSA) is 96.0 Å². The van der Waals surface area contributed by atoms with Gasteiger partial charge in [0.1, 0.15) is 18.3 Å². The fourth-order valence-corrected chi connectivity index (χ4v) is 5.84. The van der Waals surface area contributed by atoms with Crippen LogP contribution in [0.15, 0.2) is 77.7 Å². The average molecular weight is 600 g/mol. The number of aryl methyl sites for hydroxylation is 1. The quantitative estimate of drug-likeness (QED) is 0.277. The lowest BCUT2D eigenvalue weighted by Crippen LogP contribution is -2.53. The summed E-state index contributed by atoms with van der Waals surface area (Å²) in [5.74, 6) is -0.209. The van der Waals surface area contributed by atoms with Crippen molar-refractivity contribution in [3.8, 4) is 5.75 Å². The first kappa shape index (κ1) is 32.0. The van der Waals surface area contributed by atoms with Gasteiger partial charge in [-0.3, -0.25) is 13.9 Å². The van der Waals surface area contributed by atoms with Crippen LogP contribution in [0.2, 0.25) is 5.02 Å². The molecule has 0 radical (unpaired) electrons. The summed E-state index contributed by atoms with van der Waals surface area (Å²) in [6.45, 7) is 7.12. The molecule has 2 amide bonds. The summed E-state index contributed by atoms with van der Waals surface area (Å²) in [5, 5.41) is 3.40. The summed E-state index contributed by atoms with van der Waals surface area (Å²) in [4.78, 5) is 29.0. The molecule has 0 aliphatic heterocycles. The number of hydrogen-bond acceptors (Lipinski definition) is 5. The third kappa shape index (κ3) is 8.24. The highest BCUT2D eigenvalue weighted by Gasteiger charge is 2.34. The van der Waals surface area contributed by atoms with Gasteiger partial charge in [0.05, 0.1) is 17.7 Å². The van der Waals surface area contributed by atoms with E-state index in [1.54, 1.807) is 61.7 Å². The van der Waals surface area contributed by atoms with E-state index in [0.29, 0.717) is 17.2 Å². The highest BCUT2D eigenvalue weighted by Crippen LogP contribution is 2.27. The normalized spacial score (nSPS) is 12.7. The Hall–Kier alpha value is -3.56. The summed E-state index contributed by atoms with van der Waals surface area (Å²) >= 11 is 6.09. The van der Waals surface area contributed by atoms with Gasteiger partial charge in [0.15, 0.2) is 0 Å². The number of carbonyl (C=O) groups excluding carboxylic acids is 2. The van der Waals surface area contributed by atoms with E-state index >= 15 is 0 Å². The molecule has 0 spiro atoms. The lowest BCUT2D eigenvalue weighted by Gasteiger charge is -2.33. The van der Waals surface area contributed by atoms with Gasteiger partial charge in [-0.1, -0.05) is 55.3 Å². The van der Waals surface area contributed by atoms with Crippen molar-refractivity contribution in [3.05, 3.63) is 88.9 Å². The highest BCUT2D eigenvalue weighted by atomic mass is 35.5. The van der Waals surface area contributed by atoms with Crippen molar-refractivity contribution >= 4 is 39.1 Å². The maximum atomic E-state index is 14.1. The molecular weight excluding hydrogens is 562 g/mol. The second kappa shape index (κ2) is 14.4. The molecule has 0 saturated heterocycles. The lowest BCUT2D eigenvalue weighted by molar-refractivity contribution is -0.140. The van der Waals surface area contributed by atoms with Gasteiger partial charge in [-0.15, -0.1) is 0 Å². The van der Waals surface area contributed by atoms with Crippen LogP contribution in [-0.2, 0) is 26.2 Å². The third-order valence-electron chi connectivity index (χ3n) is 6.88. The number of hydrogen-bond donors (Lipinski definition) is 1. The number of halogens is 1. The zero-order chi connectivity index (χ0) is 30.2. The molecule has 0 fully saturated rings. The van der Waals surface area contributed by atoms with Crippen molar-refractivity contribution in [2.45, 2.75) is 64.1 Å². The van der Waals surface area contributed by atoms with Crippen molar-refractivity contribution in [1.29, 1.82) is 0 Å². The monoisotopic (exact) mass is 599 g/mol. The van der Waals surface area contributed by atoms with Crippen molar-refractivity contribution < 1.29 is 22.7 Å². The fraction of sp³-hybridized carbons (Fsp3) is 0.355. The first-order valence-electron chi connectivity index (χ1n) is 13.6. The Morgan fingerprint density at radius 2 is 1.63 bits per heavy atom. The average Bonchev–Trinajstić information content (AvgIpc) is 2.96. The number of nitrogens with zero attached hydrogens (tertiary/aromatic N) is 2. The van der Waals surface area contributed by atoms with E-state index in [1.807, 2.05) is 33.8 Å². The Labute approximate surface area is 248 Å². The Morgan fingerprint density at radius 3 is 2.22 bits per heavy atom. The largest absolute Gasteiger partial charge is 0.497 e. The predicted molar refractivity (Wildman–Crippen MR) is 163 cm³/mol. The Morgan fingerprint density at radius 1 is 0.976 bits per heavy atom. The number of ether oxygens (including phenoxy) is 1. The molecule has 0 aromatic heterocycles. The molecule has 1 N–H and O–H groups in total. The van der Waals surface area contributed by atoms with Crippen molar-refractivity contribution in [2.24, 2.45) is 0 Å². The predicted octanol–water partition coefficient (Wildman–Crippen LogP) is 5.57. The van der Waals surface area contributed by atoms with E-state index in [0.717, 1.165) is 21.9 Å². The summed E-state index contributed by atoms with van der Waals surface area (Å²) in [5.41, 5.74) is 1.93. The van der Waals surface area contributed by atoms with Crippen molar-refractivity contribution in [1.82, 2.24) is 10.2 Å². The standard InChI is InChI=1S/C31H38ClN3O5S/c1-6-23(4)33-31(37)29(7-2)34(20-24-9-8-10-27(19-24)40-5)30(36)21-35(26-15-13-25(32)14-16-26)41(38,39)28-17-11-22(3)12-18-28/h8-19,23,29H,6-7,20-21H2,1-5H3,(H,33,37)/t23-,29+/m0/s1. The van der Waals surface area contributed by atoms with Gasteiger partial charge >= 0.3 is 0 Å². The maximum absolute atomic E-state index is 14.1. The number of carbonyl (C=O) groups is 2. The number of amides is 2. The molecule has 10 heteroatoms. The minimum absolute atomic E-state index is 0.0479. The molecule has 220 valence electrons. The van der Waals surface area contributed by atoms with E-state index in [1.165, 1.54) is 17.0 Å². The Balaban J connectivity index is 2.06. The smallest absolute Gasteiger partial charge is 0.264 e. The molecule has 3 rings (SSSR count). The molecule has 2 atom stereocenters. The van der Waals surface area contributed by atoms with Crippen LogP contribution < -0.4 is 14.4 Å². The summed E-state index contributed by atoms with van der Waals surface area (Å²) in [6, 6.07) is 19.0. The SMILES string of the molecule is CC[C@H](C(=O)N[C@@H](C)CC)N(Cc1cccc(OC)c1)C(=O)CN(c1ccc(Cl)cc1)S(=O)(=O)c1ccc(C)cc1. The van der Waals surface area contributed by atoms with Crippen LogP contribution in [0.3, 0.4) is 0 Å². The van der Waals surface area contributed by atoms with Gasteiger partial charge < -0.3 is 15.0 Å². The van der Waals surface area contributed by atoms with Crippen LogP contribution in [0.5, 0.6) is 5.75 Å². The van der Waals surface area contributed by atoms with Crippen LogP contribution in [0.1, 0.15) is 44.7 Å². The lowest BCUT2D eigenvalue weighted by atomic mass is 10.1. The molecule has 0 heterocycles. The second-order valence-corrected chi connectivity index (χ2v) is 12.2. The molecule has 0 aliphatic rings. The van der Waals surface area contributed by atoms with Gasteiger partial charge in [0.2, 0.25) is 11.8 Å². The zero-order valence-corrected chi connectivity index (χ0v) is 25.7. The van der Waals surface area contributed by atoms with Crippen LogP contribution in [-0.4, -0.2) is 50.9 Å². The van der Waals surface area contributed by atoms with Crippen molar-refractivity contribution in [3.63, 3.8) is 0 Å². The molecule has 41 heavy (non-hydrogen) atoms. The van der Waals surface area contributed by atoms with Crippen LogP contribution in [0, 0.1) is 6.92 Å². The molecule has 8 nitrogen and oxygen atoms in total. The molecular formula is C31H38ClN3O5S. The molecule has 3 aromatic carbocycles. The summed E-state index contributed by atoms with van der Waals surface area (Å²) in [6.07, 6.45) is 1.06. The highest BCUT2D eigenvalue weighted by molar-refractivity contribution is 7.92. The van der Waals surface area contributed by atoms with Gasteiger partial charge in [0.25, 0.3) is 10.0 Å². The summed E-state index contributed by atoms with van der Waals surface area (Å²) < 4.78 is 34.2. The van der Waals surface area contributed by atoms with E-state index in [-0.39, 0.29) is 29.1 Å². The van der Waals surface area contributed by atoms with Crippen LogP contribution in [0.4, 0.5) is 5.69 Å². The number of rotatable bonds is 13. The number of benzene rings is 3. The van der Waals surface area contributed by atoms with E-state index in [2.05, 4.69) is 5.32 Å². The third-order valence-corrected chi connectivity index (χ3v) is 8.92. The molecule has 0 saturated carbocycles. The second-order valence-electron chi connectivity index (χ2n) is 9.92. The van der Waals surface area contributed by atoms with Gasteiger partial charge in [0, 0.05) is 17.6 Å². The first-order chi connectivity index (χ1) is 19.5. The fourth-order valence-electron chi connectivity index (χ4n) is 4.30. The Kier molecular flexibility index (Phi) is 11.2. The number of sulfonamides is 1. The summed E-state index contributed by atoms with van der Waals surface area (Å²) in [7, 11) is -2.60. The number of methoxy groups -OCH3 is 1. The van der Waals surface area contributed by atoms with Crippen molar-refractivity contribution in [2.75, 3.05) is 18.0 Å². The molecule has 0 aliphatic carbocycles. The Bertz CT molecular complexity index is 1430. The van der Waals surface area contributed by atoms with E-state index < -0.39 is 28.5 Å². The minimum Gasteiger partial charge on any atom is -0.497 e. The molecule has 3 aromatic rings. The van der Waals surface area contributed by atoms with E-state index in [9.17, 15) is 18.0 Å². The van der Waals surface area contributed by atoms with Crippen LogP contribution in [0.25, 0.3) is 0 Å². The number of nitrogens with one attached hydrogen (secondary N) is 1. The van der Waals surface area contributed by atoms with Crippen LogP contribution >= 0.6 is 11.6 Å². The number of anilines is 1.